The molecule has 0 radical (unpaired) electrons. The molecule has 0 atom stereocenters. The molecule has 0 saturated carbocycles. The van der Waals surface area contributed by atoms with Crippen molar-refractivity contribution < 1.29 is 8.42 Å². The maximum absolute atomic E-state index is 12.1. The molecule has 0 amide bonds. The molecule has 0 aliphatic rings. The van der Waals surface area contributed by atoms with Crippen LogP contribution in [0.2, 0.25) is 0 Å². The van der Waals surface area contributed by atoms with E-state index in [2.05, 4.69) is 9.71 Å². The minimum Gasteiger partial charge on any atom is -0.251 e. The Morgan fingerprint density at radius 3 is 2.43 bits per heavy atom. The van der Waals surface area contributed by atoms with Gasteiger partial charge in [0, 0.05) is 5.39 Å². The standard InChI is InChI=1S/C18H18N2O2S/c21-23(22,13-12-15-6-2-1-3-7-15)19-14-17-11-10-16-8-4-5-9-18(16)20-17/h1-11,19H,12-14H2. The summed E-state index contributed by atoms with van der Waals surface area (Å²) in [7, 11) is -3.32. The summed E-state index contributed by atoms with van der Waals surface area (Å²) in [6, 6.07) is 21.2. The molecule has 0 aliphatic carbocycles. The highest BCUT2D eigenvalue weighted by Gasteiger charge is 2.10. The molecule has 118 valence electrons. The summed E-state index contributed by atoms with van der Waals surface area (Å²) in [5.41, 5.74) is 2.60. The van der Waals surface area contributed by atoms with Crippen molar-refractivity contribution in [1.82, 2.24) is 9.71 Å². The van der Waals surface area contributed by atoms with Gasteiger partial charge in [-0.25, -0.2) is 13.1 Å². The van der Waals surface area contributed by atoms with Gasteiger partial charge in [-0.15, -0.1) is 0 Å². The summed E-state index contributed by atoms with van der Waals surface area (Å²) in [6.45, 7) is 0.210. The van der Waals surface area contributed by atoms with Crippen LogP contribution >= 0.6 is 0 Å². The Bertz CT molecular complexity index is 893. The van der Waals surface area contributed by atoms with Crippen LogP contribution in [0.15, 0.2) is 66.7 Å². The number of pyridine rings is 1. The van der Waals surface area contributed by atoms with Gasteiger partial charge in [0.05, 0.1) is 23.5 Å². The average molecular weight is 326 g/mol. The quantitative estimate of drug-likeness (QED) is 0.758. The first-order chi connectivity index (χ1) is 11.1. The zero-order valence-corrected chi connectivity index (χ0v) is 13.5. The summed E-state index contributed by atoms with van der Waals surface area (Å²) in [4.78, 5) is 4.47. The van der Waals surface area contributed by atoms with Crippen LogP contribution in [0.3, 0.4) is 0 Å². The molecule has 1 aromatic heterocycles. The Hall–Kier alpha value is -2.24. The van der Waals surface area contributed by atoms with Gasteiger partial charge in [-0.2, -0.15) is 0 Å². The van der Waals surface area contributed by atoms with Crippen molar-refractivity contribution in [3.05, 3.63) is 78.0 Å². The van der Waals surface area contributed by atoms with Gasteiger partial charge in [0.2, 0.25) is 10.0 Å². The Balaban J connectivity index is 1.61. The number of aryl methyl sites for hydroxylation is 1. The van der Waals surface area contributed by atoms with E-state index in [0.29, 0.717) is 12.1 Å². The maximum atomic E-state index is 12.1. The molecule has 0 fully saturated rings. The molecule has 3 aromatic rings. The molecule has 0 aliphatic heterocycles. The second kappa shape index (κ2) is 6.89. The fourth-order valence-corrected chi connectivity index (χ4v) is 3.38. The third kappa shape index (κ3) is 4.37. The number of fused-ring (bicyclic) bond motifs is 1. The van der Waals surface area contributed by atoms with Gasteiger partial charge >= 0.3 is 0 Å². The number of hydrogen-bond donors (Lipinski definition) is 1. The fourth-order valence-electron chi connectivity index (χ4n) is 2.36. The molecule has 5 heteroatoms. The number of rotatable bonds is 6. The van der Waals surface area contributed by atoms with Gasteiger partial charge in [0.25, 0.3) is 0 Å². The van der Waals surface area contributed by atoms with Gasteiger partial charge in [-0.05, 0) is 24.1 Å². The first kappa shape index (κ1) is 15.6. The average Bonchev–Trinajstić information content (AvgIpc) is 2.59. The van der Waals surface area contributed by atoms with E-state index in [1.165, 1.54) is 0 Å². The molecule has 0 spiro atoms. The molecule has 0 saturated heterocycles. The lowest BCUT2D eigenvalue weighted by atomic mass is 10.2. The summed E-state index contributed by atoms with van der Waals surface area (Å²) >= 11 is 0. The Morgan fingerprint density at radius 2 is 1.61 bits per heavy atom. The molecular weight excluding hydrogens is 308 g/mol. The van der Waals surface area contributed by atoms with Crippen molar-refractivity contribution in [3.8, 4) is 0 Å². The zero-order valence-electron chi connectivity index (χ0n) is 12.6. The smallest absolute Gasteiger partial charge is 0.212 e. The molecule has 1 N–H and O–H groups in total. The second-order valence-electron chi connectivity index (χ2n) is 5.37. The number of benzene rings is 2. The molecule has 4 nitrogen and oxygen atoms in total. The third-order valence-electron chi connectivity index (χ3n) is 3.63. The first-order valence-corrected chi connectivity index (χ1v) is 9.13. The molecule has 2 aromatic carbocycles. The predicted molar refractivity (Wildman–Crippen MR) is 92.5 cm³/mol. The normalized spacial score (nSPS) is 11.7. The van der Waals surface area contributed by atoms with Crippen LogP contribution in [0, 0.1) is 0 Å². The van der Waals surface area contributed by atoms with E-state index < -0.39 is 10.0 Å². The Morgan fingerprint density at radius 1 is 0.870 bits per heavy atom. The van der Waals surface area contributed by atoms with Crippen molar-refractivity contribution >= 4 is 20.9 Å². The van der Waals surface area contributed by atoms with Crippen LogP contribution in [0.25, 0.3) is 10.9 Å². The first-order valence-electron chi connectivity index (χ1n) is 7.48. The van der Waals surface area contributed by atoms with Crippen LogP contribution in [-0.2, 0) is 23.0 Å². The number of nitrogens with zero attached hydrogens (tertiary/aromatic N) is 1. The summed E-state index contributed by atoms with van der Waals surface area (Å²) < 4.78 is 26.8. The van der Waals surface area contributed by atoms with E-state index in [4.69, 9.17) is 0 Å². The second-order valence-corrected chi connectivity index (χ2v) is 7.30. The number of sulfonamides is 1. The molecule has 0 bridgehead atoms. The van der Waals surface area contributed by atoms with Crippen molar-refractivity contribution in [1.29, 1.82) is 0 Å². The van der Waals surface area contributed by atoms with Crippen LogP contribution in [0.4, 0.5) is 0 Å². The summed E-state index contributed by atoms with van der Waals surface area (Å²) in [5.74, 6) is 0.0740. The van der Waals surface area contributed by atoms with Gasteiger partial charge in [0.15, 0.2) is 0 Å². The van der Waals surface area contributed by atoms with Crippen molar-refractivity contribution in [2.45, 2.75) is 13.0 Å². The molecule has 1 heterocycles. The Kier molecular flexibility index (Phi) is 4.69. The number of para-hydroxylation sites is 1. The van der Waals surface area contributed by atoms with E-state index in [9.17, 15) is 8.42 Å². The minimum atomic E-state index is -3.32. The number of hydrogen-bond acceptors (Lipinski definition) is 3. The van der Waals surface area contributed by atoms with Crippen molar-refractivity contribution in [2.24, 2.45) is 0 Å². The van der Waals surface area contributed by atoms with E-state index >= 15 is 0 Å². The van der Waals surface area contributed by atoms with Crippen LogP contribution in [-0.4, -0.2) is 19.2 Å². The highest BCUT2D eigenvalue weighted by atomic mass is 32.2. The topological polar surface area (TPSA) is 59.1 Å². The summed E-state index contributed by atoms with van der Waals surface area (Å²) in [5, 5.41) is 1.04. The van der Waals surface area contributed by atoms with Crippen LogP contribution in [0.5, 0.6) is 0 Å². The van der Waals surface area contributed by atoms with E-state index in [-0.39, 0.29) is 12.3 Å². The van der Waals surface area contributed by atoms with Gasteiger partial charge < -0.3 is 0 Å². The van der Waals surface area contributed by atoms with E-state index in [0.717, 1.165) is 16.5 Å². The van der Waals surface area contributed by atoms with Crippen molar-refractivity contribution in [3.63, 3.8) is 0 Å². The maximum Gasteiger partial charge on any atom is 0.212 e. The third-order valence-corrected chi connectivity index (χ3v) is 4.96. The molecule has 23 heavy (non-hydrogen) atoms. The highest BCUT2D eigenvalue weighted by molar-refractivity contribution is 7.89. The lowest BCUT2D eigenvalue weighted by molar-refractivity contribution is 0.580. The molecule has 0 unspecified atom stereocenters. The van der Waals surface area contributed by atoms with E-state index in [1.54, 1.807) is 0 Å². The number of nitrogens with one attached hydrogen (secondary N) is 1. The molecule has 3 rings (SSSR count). The van der Waals surface area contributed by atoms with Gasteiger partial charge in [-0.3, -0.25) is 4.98 Å². The lowest BCUT2D eigenvalue weighted by Gasteiger charge is -2.07. The van der Waals surface area contributed by atoms with Crippen LogP contribution < -0.4 is 4.72 Å². The fraction of sp³-hybridized carbons (Fsp3) is 0.167. The monoisotopic (exact) mass is 326 g/mol. The van der Waals surface area contributed by atoms with Crippen molar-refractivity contribution in [2.75, 3.05) is 5.75 Å². The number of aromatic nitrogens is 1. The Labute approximate surface area is 136 Å². The highest BCUT2D eigenvalue weighted by Crippen LogP contribution is 2.11. The zero-order chi connectivity index (χ0) is 16.1. The minimum absolute atomic E-state index is 0.0740. The lowest BCUT2D eigenvalue weighted by Crippen LogP contribution is -2.27. The van der Waals surface area contributed by atoms with Crippen LogP contribution in [0.1, 0.15) is 11.3 Å². The SMILES string of the molecule is O=S(=O)(CCc1ccccc1)NCc1ccc2ccccc2n1. The largest absolute Gasteiger partial charge is 0.251 e. The van der Waals surface area contributed by atoms with Gasteiger partial charge in [-0.1, -0.05) is 54.6 Å². The predicted octanol–water partition coefficient (Wildman–Crippen LogP) is 2.90. The van der Waals surface area contributed by atoms with E-state index in [1.807, 2.05) is 66.7 Å². The molecular formula is C18H18N2O2S. The summed E-state index contributed by atoms with van der Waals surface area (Å²) in [6.07, 6.45) is 0.501. The van der Waals surface area contributed by atoms with Gasteiger partial charge in [0.1, 0.15) is 0 Å².